The van der Waals surface area contributed by atoms with Gasteiger partial charge in [-0.05, 0) is 12.8 Å². The Morgan fingerprint density at radius 1 is 1.12 bits per heavy atom. The quantitative estimate of drug-likeness (QED) is 0.468. The van der Waals surface area contributed by atoms with Crippen molar-refractivity contribution < 1.29 is 19.2 Å². The second-order valence-corrected chi connectivity index (χ2v) is 6.13. The largest absolute Gasteiger partial charge is 0.447 e. The third-order valence-electron chi connectivity index (χ3n) is 4.04. The molecule has 0 bridgehead atoms. The summed E-state index contributed by atoms with van der Waals surface area (Å²) in [6, 6.07) is 14.8. The number of carbonyl (C=O) groups excluding carboxylic acids is 2. The zero-order valence-electron chi connectivity index (χ0n) is 14.0. The molecule has 7 nitrogen and oxygen atoms in total. The zero-order valence-corrected chi connectivity index (χ0v) is 14.0. The van der Waals surface area contributed by atoms with Gasteiger partial charge in [0.15, 0.2) is 0 Å². The lowest BCUT2D eigenvalue weighted by Crippen LogP contribution is -2.33. The Hall–Kier alpha value is -3.22. The van der Waals surface area contributed by atoms with Gasteiger partial charge in [0.05, 0.1) is 11.3 Å². The molecule has 1 saturated carbocycles. The van der Waals surface area contributed by atoms with E-state index in [1.165, 1.54) is 18.2 Å². The maximum absolute atomic E-state index is 12.5. The Morgan fingerprint density at radius 2 is 1.77 bits per heavy atom. The molecule has 0 aromatic heterocycles. The topological polar surface area (TPSA) is 98.5 Å². The van der Waals surface area contributed by atoms with Crippen LogP contribution in [0.2, 0.25) is 0 Å². The molecule has 1 N–H and O–H groups in total. The molecule has 1 atom stereocenters. The van der Waals surface area contributed by atoms with E-state index in [4.69, 9.17) is 4.74 Å². The summed E-state index contributed by atoms with van der Waals surface area (Å²) in [6.07, 6.45) is 0.471. The van der Waals surface area contributed by atoms with Gasteiger partial charge in [0.25, 0.3) is 11.6 Å². The fourth-order valence-electron chi connectivity index (χ4n) is 2.57. The van der Waals surface area contributed by atoms with Crippen LogP contribution in [0.4, 0.5) is 5.69 Å². The van der Waals surface area contributed by atoms with Gasteiger partial charge in [0.1, 0.15) is 0 Å². The first-order valence-electron chi connectivity index (χ1n) is 8.31. The van der Waals surface area contributed by atoms with Crippen LogP contribution in [0.5, 0.6) is 0 Å². The van der Waals surface area contributed by atoms with Crippen LogP contribution in [0.1, 0.15) is 30.1 Å². The third-order valence-corrected chi connectivity index (χ3v) is 4.04. The van der Waals surface area contributed by atoms with Crippen molar-refractivity contribution in [3.8, 4) is 0 Å². The van der Waals surface area contributed by atoms with E-state index in [0.717, 1.165) is 12.8 Å². The maximum atomic E-state index is 12.5. The normalized spacial score (nSPS) is 14.3. The monoisotopic (exact) mass is 354 g/mol. The van der Waals surface area contributed by atoms with Crippen LogP contribution in [0.15, 0.2) is 54.6 Å². The molecule has 1 aliphatic carbocycles. The van der Waals surface area contributed by atoms with Crippen molar-refractivity contribution in [2.24, 2.45) is 0 Å². The summed E-state index contributed by atoms with van der Waals surface area (Å²) in [6.45, 7) is 0. The van der Waals surface area contributed by atoms with Crippen molar-refractivity contribution >= 4 is 17.6 Å². The molecular formula is C19H18N2O5. The average Bonchev–Trinajstić information content (AvgIpc) is 3.44. The number of benzene rings is 2. The predicted octanol–water partition coefficient (Wildman–Crippen LogP) is 2.70. The highest BCUT2D eigenvalue weighted by Gasteiger charge is 2.31. The van der Waals surface area contributed by atoms with Crippen molar-refractivity contribution in [2.45, 2.75) is 31.4 Å². The molecule has 0 spiro atoms. The van der Waals surface area contributed by atoms with Gasteiger partial charge < -0.3 is 10.1 Å². The van der Waals surface area contributed by atoms with Crippen molar-refractivity contribution in [3.63, 3.8) is 0 Å². The van der Waals surface area contributed by atoms with Gasteiger partial charge in [-0.1, -0.05) is 48.5 Å². The molecule has 7 heteroatoms. The SMILES string of the molecule is O=C(Cc1ccccc1[N+](=O)[O-])O[C@H](C(=O)NC1CC1)c1ccccc1. The summed E-state index contributed by atoms with van der Waals surface area (Å²) in [4.78, 5) is 35.3. The number of nitro benzene ring substituents is 1. The predicted molar refractivity (Wildman–Crippen MR) is 93.2 cm³/mol. The fourth-order valence-corrected chi connectivity index (χ4v) is 2.57. The highest BCUT2D eigenvalue weighted by molar-refractivity contribution is 5.86. The standard InChI is InChI=1S/C19H18N2O5/c22-17(12-14-8-4-5-9-16(14)21(24)25)26-18(13-6-2-1-3-7-13)19(23)20-15-10-11-15/h1-9,15,18H,10-12H2,(H,20,23)/t18-/m0/s1. The number of esters is 1. The number of amides is 1. The number of rotatable bonds is 7. The van der Waals surface area contributed by atoms with Crippen LogP contribution in [-0.2, 0) is 20.7 Å². The summed E-state index contributed by atoms with van der Waals surface area (Å²) in [5.41, 5.74) is 0.654. The van der Waals surface area contributed by atoms with E-state index in [1.54, 1.807) is 36.4 Å². The molecule has 0 saturated heterocycles. The first kappa shape index (κ1) is 17.6. The van der Waals surface area contributed by atoms with Crippen LogP contribution >= 0.6 is 0 Å². The van der Waals surface area contributed by atoms with Crippen LogP contribution < -0.4 is 5.32 Å². The third kappa shape index (κ3) is 4.44. The molecule has 1 amide bonds. The van der Waals surface area contributed by atoms with Crippen molar-refractivity contribution in [3.05, 3.63) is 75.8 Å². The summed E-state index contributed by atoms with van der Waals surface area (Å²) in [5, 5.41) is 13.9. The Bertz CT molecular complexity index is 818. The molecular weight excluding hydrogens is 336 g/mol. The summed E-state index contributed by atoms with van der Waals surface area (Å²) < 4.78 is 5.39. The van der Waals surface area contributed by atoms with E-state index in [1.807, 2.05) is 0 Å². The molecule has 1 fully saturated rings. The minimum atomic E-state index is -1.08. The van der Waals surface area contributed by atoms with E-state index < -0.39 is 17.0 Å². The van der Waals surface area contributed by atoms with E-state index >= 15 is 0 Å². The lowest BCUT2D eigenvalue weighted by molar-refractivity contribution is -0.385. The minimum Gasteiger partial charge on any atom is -0.447 e. The Balaban J connectivity index is 1.75. The fraction of sp³-hybridized carbons (Fsp3) is 0.263. The second-order valence-electron chi connectivity index (χ2n) is 6.13. The second kappa shape index (κ2) is 7.77. The average molecular weight is 354 g/mol. The smallest absolute Gasteiger partial charge is 0.311 e. The molecule has 134 valence electrons. The number of hydrogen-bond donors (Lipinski definition) is 1. The minimum absolute atomic E-state index is 0.127. The van der Waals surface area contributed by atoms with E-state index in [0.29, 0.717) is 5.56 Å². The van der Waals surface area contributed by atoms with Crippen molar-refractivity contribution in [1.29, 1.82) is 0 Å². The maximum Gasteiger partial charge on any atom is 0.311 e. The van der Waals surface area contributed by atoms with Crippen LogP contribution in [0, 0.1) is 10.1 Å². The molecule has 3 rings (SSSR count). The Kier molecular flexibility index (Phi) is 5.26. The highest BCUT2D eigenvalue weighted by Crippen LogP contribution is 2.24. The number of carbonyl (C=O) groups is 2. The Morgan fingerprint density at radius 3 is 2.42 bits per heavy atom. The molecule has 26 heavy (non-hydrogen) atoms. The summed E-state index contributed by atoms with van der Waals surface area (Å²) in [5.74, 6) is -1.08. The van der Waals surface area contributed by atoms with E-state index in [9.17, 15) is 19.7 Å². The van der Waals surface area contributed by atoms with E-state index in [-0.39, 0.29) is 29.6 Å². The van der Waals surface area contributed by atoms with Gasteiger partial charge in [-0.25, -0.2) is 0 Å². The number of nitrogens with zero attached hydrogens (tertiary/aromatic N) is 1. The number of para-hydroxylation sites is 1. The number of ether oxygens (including phenoxy) is 1. The lowest BCUT2D eigenvalue weighted by atomic mass is 10.1. The molecule has 2 aromatic carbocycles. The van der Waals surface area contributed by atoms with Crippen LogP contribution in [-0.4, -0.2) is 22.8 Å². The first-order chi connectivity index (χ1) is 12.5. The molecule has 1 aliphatic rings. The zero-order chi connectivity index (χ0) is 18.5. The molecule has 0 aliphatic heterocycles. The number of nitro groups is 1. The molecule has 0 heterocycles. The van der Waals surface area contributed by atoms with Gasteiger partial charge in [-0.2, -0.15) is 0 Å². The van der Waals surface area contributed by atoms with Gasteiger partial charge in [0.2, 0.25) is 6.10 Å². The number of nitrogens with one attached hydrogen (secondary N) is 1. The van der Waals surface area contributed by atoms with E-state index in [2.05, 4.69) is 5.32 Å². The molecule has 0 radical (unpaired) electrons. The van der Waals surface area contributed by atoms with Gasteiger partial charge in [-0.15, -0.1) is 0 Å². The molecule has 2 aromatic rings. The summed E-state index contributed by atoms with van der Waals surface area (Å²) in [7, 11) is 0. The lowest BCUT2D eigenvalue weighted by Gasteiger charge is -2.18. The van der Waals surface area contributed by atoms with Crippen LogP contribution in [0.25, 0.3) is 0 Å². The van der Waals surface area contributed by atoms with Crippen molar-refractivity contribution in [2.75, 3.05) is 0 Å². The first-order valence-corrected chi connectivity index (χ1v) is 8.31. The summed E-state index contributed by atoms with van der Waals surface area (Å²) >= 11 is 0. The highest BCUT2D eigenvalue weighted by atomic mass is 16.6. The van der Waals surface area contributed by atoms with Gasteiger partial charge >= 0.3 is 5.97 Å². The molecule has 0 unspecified atom stereocenters. The van der Waals surface area contributed by atoms with Crippen molar-refractivity contribution in [1.82, 2.24) is 5.32 Å². The van der Waals surface area contributed by atoms with Crippen LogP contribution in [0.3, 0.4) is 0 Å². The Labute approximate surface area is 150 Å². The van der Waals surface area contributed by atoms with Gasteiger partial charge in [-0.3, -0.25) is 19.7 Å². The number of hydrogen-bond acceptors (Lipinski definition) is 5. The van der Waals surface area contributed by atoms with Gasteiger partial charge in [0, 0.05) is 23.2 Å².